The van der Waals surface area contributed by atoms with E-state index in [9.17, 15) is 14.4 Å². The summed E-state index contributed by atoms with van der Waals surface area (Å²) in [5.41, 5.74) is 1.83. The summed E-state index contributed by atoms with van der Waals surface area (Å²) >= 11 is -0.162. The summed E-state index contributed by atoms with van der Waals surface area (Å²) in [6.07, 6.45) is 1.57. The van der Waals surface area contributed by atoms with Crippen molar-refractivity contribution in [3.63, 3.8) is 0 Å². The molecule has 7 nitrogen and oxygen atoms in total. The van der Waals surface area contributed by atoms with E-state index in [4.69, 9.17) is 4.74 Å². The number of ether oxygens (including phenoxy) is 1. The Bertz CT molecular complexity index is 1200. The average molecular weight is 464 g/mol. The van der Waals surface area contributed by atoms with Crippen LogP contribution in [0.1, 0.15) is 4.44 Å². The van der Waals surface area contributed by atoms with E-state index in [1.807, 2.05) is 60.7 Å². The summed E-state index contributed by atoms with van der Waals surface area (Å²) in [6, 6.07) is 18.8. The van der Waals surface area contributed by atoms with E-state index < -0.39 is 17.8 Å². The van der Waals surface area contributed by atoms with Crippen molar-refractivity contribution in [2.75, 3.05) is 11.9 Å². The molecule has 30 heavy (non-hydrogen) atoms. The zero-order valence-electron chi connectivity index (χ0n) is 15.8. The number of fused-ring (bicyclic) bond motifs is 2. The minimum absolute atomic E-state index is 0.0392. The molecule has 0 spiro atoms. The van der Waals surface area contributed by atoms with Crippen molar-refractivity contribution in [1.82, 2.24) is 10.2 Å². The van der Waals surface area contributed by atoms with Crippen molar-refractivity contribution >= 4 is 54.4 Å². The molecule has 1 saturated heterocycles. The number of imide groups is 2. The maximum atomic E-state index is 12.4. The Labute approximate surface area is 177 Å². The van der Waals surface area contributed by atoms with Gasteiger partial charge in [-0.2, -0.15) is 0 Å². The first-order valence-electron chi connectivity index (χ1n) is 9.14. The van der Waals surface area contributed by atoms with Crippen LogP contribution in [0.2, 0.25) is 0 Å². The van der Waals surface area contributed by atoms with Crippen molar-refractivity contribution in [1.29, 1.82) is 0 Å². The molecule has 0 saturated carbocycles. The molecule has 8 heteroatoms. The van der Waals surface area contributed by atoms with Crippen molar-refractivity contribution in [3.05, 3.63) is 70.7 Å². The van der Waals surface area contributed by atoms with Crippen LogP contribution >= 0.6 is 0 Å². The van der Waals surface area contributed by atoms with Crippen LogP contribution < -0.4 is 15.0 Å². The number of barbiturate groups is 1. The van der Waals surface area contributed by atoms with E-state index in [2.05, 4.69) is 10.2 Å². The van der Waals surface area contributed by atoms with Gasteiger partial charge in [-0.1, -0.05) is 0 Å². The van der Waals surface area contributed by atoms with E-state index >= 15 is 0 Å². The summed E-state index contributed by atoms with van der Waals surface area (Å²) in [5, 5.41) is 2.18. The zero-order chi connectivity index (χ0) is 20.8. The first-order chi connectivity index (χ1) is 14.5. The molecule has 2 aliphatic rings. The standard InChI is InChI=1S/C22H15N3O4Se/c1-24-21(27)14(20(26)23-22(24)28)12-13-10-11-19(30-13)25-15-6-2-4-8-17(15)29-18-9-5-3-7-16(18)25/h2-12H,1H3,(H,23,26,28)/b14-12+. The van der Waals surface area contributed by atoms with Crippen LogP contribution in [0.15, 0.2) is 66.2 Å². The molecule has 0 atom stereocenters. The van der Waals surface area contributed by atoms with Gasteiger partial charge in [-0.3, -0.25) is 0 Å². The van der Waals surface area contributed by atoms with Gasteiger partial charge in [0, 0.05) is 0 Å². The Morgan fingerprint density at radius 1 is 0.900 bits per heavy atom. The van der Waals surface area contributed by atoms with Gasteiger partial charge >= 0.3 is 178 Å². The molecule has 148 valence electrons. The summed E-state index contributed by atoms with van der Waals surface area (Å²) in [5.74, 6) is 0.259. The first-order valence-corrected chi connectivity index (χ1v) is 10.8. The molecule has 0 unspecified atom stereocenters. The number of carbonyl (C=O) groups excluding carboxylic acids is 3. The summed E-state index contributed by atoms with van der Waals surface area (Å²) < 4.78 is 7.95. The van der Waals surface area contributed by atoms with Crippen molar-refractivity contribution < 1.29 is 19.1 Å². The number of carbonyl (C=O) groups is 3. The van der Waals surface area contributed by atoms with Crippen LogP contribution in [-0.2, 0) is 9.59 Å². The second kappa shape index (κ2) is 7.02. The Morgan fingerprint density at radius 3 is 2.20 bits per heavy atom. The Balaban J connectivity index is 1.56. The second-order valence-electron chi connectivity index (χ2n) is 6.73. The topological polar surface area (TPSA) is 79.0 Å². The predicted molar refractivity (Wildman–Crippen MR) is 112 cm³/mol. The minimum atomic E-state index is -0.714. The molecule has 3 aromatic rings. The third kappa shape index (κ3) is 2.94. The van der Waals surface area contributed by atoms with E-state index in [0.717, 1.165) is 36.8 Å². The van der Waals surface area contributed by atoms with Gasteiger partial charge in [0.2, 0.25) is 0 Å². The molecule has 4 amide bonds. The van der Waals surface area contributed by atoms with Crippen LogP contribution in [0.25, 0.3) is 6.08 Å². The normalized spacial score (nSPS) is 16.8. The van der Waals surface area contributed by atoms with Gasteiger partial charge in [-0.05, 0) is 0 Å². The fourth-order valence-corrected chi connectivity index (χ4v) is 5.42. The quantitative estimate of drug-likeness (QED) is 0.280. The number of hydrogen-bond acceptors (Lipinski definition) is 5. The van der Waals surface area contributed by atoms with Gasteiger partial charge in [0.1, 0.15) is 0 Å². The van der Waals surface area contributed by atoms with E-state index in [0.29, 0.717) is 0 Å². The van der Waals surface area contributed by atoms with Gasteiger partial charge in [-0.15, -0.1) is 0 Å². The molecule has 0 bridgehead atoms. The third-order valence-corrected chi connectivity index (χ3v) is 6.99. The molecule has 3 heterocycles. The van der Waals surface area contributed by atoms with Crippen molar-refractivity contribution in [2.45, 2.75) is 0 Å². The summed E-state index contributed by atoms with van der Waals surface area (Å²) in [7, 11) is 1.34. The number of amides is 4. The molecule has 0 radical (unpaired) electrons. The Kier molecular flexibility index (Phi) is 4.31. The van der Waals surface area contributed by atoms with Gasteiger partial charge in [-0.25, -0.2) is 0 Å². The van der Waals surface area contributed by atoms with Crippen LogP contribution in [0.4, 0.5) is 20.7 Å². The monoisotopic (exact) mass is 465 g/mol. The van der Waals surface area contributed by atoms with Crippen LogP contribution in [0, 0.1) is 0 Å². The fourth-order valence-electron chi connectivity index (χ4n) is 3.37. The van der Waals surface area contributed by atoms with E-state index in [-0.39, 0.29) is 20.1 Å². The number of nitrogens with one attached hydrogen (secondary N) is 1. The molecular weight excluding hydrogens is 449 g/mol. The summed E-state index contributed by atoms with van der Waals surface area (Å²) in [4.78, 5) is 39.1. The maximum absolute atomic E-state index is 12.4. The fraction of sp³-hybridized carbons (Fsp3) is 0.0455. The van der Waals surface area contributed by atoms with Crippen LogP contribution in [-0.4, -0.2) is 44.3 Å². The first kappa shape index (κ1) is 18.4. The number of likely N-dealkylation sites (N-methyl/N-ethyl adjacent to an activating group) is 1. The number of urea groups is 1. The van der Waals surface area contributed by atoms with Crippen LogP contribution in [0.5, 0.6) is 11.5 Å². The molecule has 5 rings (SSSR count). The zero-order valence-corrected chi connectivity index (χ0v) is 17.5. The molecule has 1 aromatic heterocycles. The number of benzene rings is 2. The van der Waals surface area contributed by atoms with Crippen molar-refractivity contribution in [2.24, 2.45) is 0 Å². The Morgan fingerprint density at radius 2 is 1.53 bits per heavy atom. The Hall–Kier alpha value is -3.61. The third-order valence-electron chi connectivity index (χ3n) is 4.86. The van der Waals surface area contributed by atoms with E-state index in [1.54, 1.807) is 6.08 Å². The molecular formula is C22H15N3O4Se. The number of para-hydroxylation sites is 4. The SMILES string of the molecule is CN1C(=O)NC(=O)/C(=C\c2ccc(N3c4ccccc4Oc4ccccc43)[se]2)C1=O. The van der Waals surface area contributed by atoms with Crippen LogP contribution in [0.3, 0.4) is 0 Å². The van der Waals surface area contributed by atoms with Gasteiger partial charge in [0.15, 0.2) is 0 Å². The van der Waals surface area contributed by atoms with Crippen molar-refractivity contribution in [3.8, 4) is 11.5 Å². The van der Waals surface area contributed by atoms with Gasteiger partial charge in [0.25, 0.3) is 0 Å². The number of rotatable bonds is 2. The number of nitrogens with zero attached hydrogens (tertiary/aromatic N) is 2. The van der Waals surface area contributed by atoms with Gasteiger partial charge < -0.3 is 0 Å². The van der Waals surface area contributed by atoms with E-state index in [1.165, 1.54) is 7.05 Å². The second-order valence-corrected chi connectivity index (χ2v) is 9.03. The molecule has 1 N–H and O–H groups in total. The average Bonchev–Trinajstić information content (AvgIpc) is 3.21. The predicted octanol–water partition coefficient (Wildman–Crippen LogP) is 3.41. The molecule has 2 aliphatic heterocycles. The number of anilines is 3. The molecule has 2 aromatic carbocycles. The van der Waals surface area contributed by atoms with Gasteiger partial charge in [0.05, 0.1) is 0 Å². The number of hydrogen-bond donors (Lipinski definition) is 1. The summed E-state index contributed by atoms with van der Waals surface area (Å²) in [6.45, 7) is 0. The molecule has 0 aliphatic carbocycles. The molecule has 1 fully saturated rings.